The van der Waals surface area contributed by atoms with E-state index < -0.39 is 0 Å². The first-order valence-electron chi connectivity index (χ1n) is 9.44. The Bertz CT molecular complexity index is 992. The number of aromatic nitrogens is 2. The van der Waals surface area contributed by atoms with Crippen LogP contribution in [0, 0.1) is 11.7 Å². The van der Waals surface area contributed by atoms with Crippen molar-refractivity contribution in [2.24, 2.45) is 5.92 Å². The van der Waals surface area contributed by atoms with Crippen molar-refractivity contribution < 1.29 is 13.7 Å². The predicted molar refractivity (Wildman–Crippen MR) is 110 cm³/mol. The molecule has 2 heterocycles. The minimum absolute atomic E-state index is 0.0540. The lowest BCUT2D eigenvalue weighted by atomic mass is 9.97. The highest BCUT2D eigenvalue weighted by molar-refractivity contribution is 9.10. The third-order valence-corrected chi connectivity index (χ3v) is 5.39. The number of hydrogen-bond acceptors (Lipinski definition) is 5. The molecule has 0 aliphatic carbocycles. The summed E-state index contributed by atoms with van der Waals surface area (Å²) in [5.41, 5.74) is 1.48. The van der Waals surface area contributed by atoms with Crippen molar-refractivity contribution in [1.29, 1.82) is 0 Å². The fraction of sp³-hybridized carbons (Fsp3) is 0.286. The summed E-state index contributed by atoms with van der Waals surface area (Å²) >= 11 is 3.44. The number of amides is 1. The number of rotatable bonds is 5. The third kappa shape index (κ3) is 5.07. The molecule has 1 atom stereocenters. The van der Waals surface area contributed by atoms with Crippen molar-refractivity contribution in [3.63, 3.8) is 0 Å². The number of nitrogens with one attached hydrogen (secondary N) is 1. The van der Waals surface area contributed by atoms with E-state index in [-0.39, 0.29) is 17.6 Å². The molecule has 1 aliphatic heterocycles. The highest BCUT2D eigenvalue weighted by Gasteiger charge is 2.27. The van der Waals surface area contributed by atoms with Crippen molar-refractivity contribution in [3.05, 3.63) is 64.7 Å². The smallest absolute Gasteiger partial charge is 0.241 e. The summed E-state index contributed by atoms with van der Waals surface area (Å²) in [5, 5.41) is 6.93. The van der Waals surface area contributed by atoms with Gasteiger partial charge in [-0.25, -0.2) is 4.39 Å². The minimum Gasteiger partial charge on any atom is -0.338 e. The number of likely N-dealkylation sites (tertiary alicyclic amines) is 1. The van der Waals surface area contributed by atoms with Crippen molar-refractivity contribution in [1.82, 2.24) is 15.0 Å². The summed E-state index contributed by atoms with van der Waals surface area (Å²) in [6, 6.07) is 13.5. The molecule has 150 valence electrons. The van der Waals surface area contributed by atoms with Gasteiger partial charge in [0.15, 0.2) is 0 Å². The first-order valence-corrected chi connectivity index (χ1v) is 10.2. The van der Waals surface area contributed by atoms with Crippen molar-refractivity contribution in [2.45, 2.75) is 19.4 Å². The Morgan fingerprint density at radius 1 is 1.28 bits per heavy atom. The maximum atomic E-state index is 13.0. The summed E-state index contributed by atoms with van der Waals surface area (Å²) in [5.74, 6) is 0.556. The molecule has 2 aromatic carbocycles. The van der Waals surface area contributed by atoms with E-state index in [0.29, 0.717) is 30.5 Å². The molecule has 1 N–H and O–H groups in total. The van der Waals surface area contributed by atoms with Crippen LogP contribution in [0.1, 0.15) is 18.7 Å². The average molecular weight is 459 g/mol. The van der Waals surface area contributed by atoms with Crippen LogP contribution in [0.2, 0.25) is 0 Å². The second-order valence-corrected chi connectivity index (χ2v) is 8.01. The molecule has 1 unspecified atom stereocenters. The van der Waals surface area contributed by atoms with Gasteiger partial charge in [0.05, 0.1) is 12.5 Å². The zero-order valence-corrected chi connectivity index (χ0v) is 17.2. The highest BCUT2D eigenvalue weighted by Crippen LogP contribution is 2.23. The molecule has 0 saturated carbocycles. The summed E-state index contributed by atoms with van der Waals surface area (Å²) in [6.07, 6.45) is 1.73. The van der Waals surface area contributed by atoms with Crippen LogP contribution in [-0.4, -0.2) is 34.0 Å². The van der Waals surface area contributed by atoms with Gasteiger partial charge in [0.1, 0.15) is 5.82 Å². The van der Waals surface area contributed by atoms with E-state index in [9.17, 15) is 9.18 Å². The Morgan fingerprint density at radius 2 is 2.10 bits per heavy atom. The summed E-state index contributed by atoms with van der Waals surface area (Å²) in [7, 11) is 0. The van der Waals surface area contributed by atoms with Gasteiger partial charge in [-0.2, -0.15) is 4.98 Å². The fourth-order valence-corrected chi connectivity index (χ4v) is 3.85. The van der Waals surface area contributed by atoms with E-state index >= 15 is 0 Å². The van der Waals surface area contributed by atoms with Crippen LogP contribution in [0.4, 0.5) is 10.1 Å². The van der Waals surface area contributed by atoms with Gasteiger partial charge in [0.25, 0.3) is 0 Å². The van der Waals surface area contributed by atoms with Gasteiger partial charge >= 0.3 is 0 Å². The Kier molecular flexibility index (Phi) is 6.01. The lowest BCUT2D eigenvalue weighted by Gasteiger charge is -2.30. The van der Waals surface area contributed by atoms with Gasteiger partial charge < -0.3 is 9.84 Å². The molecule has 1 aromatic heterocycles. The Labute approximate surface area is 176 Å². The number of benzene rings is 2. The van der Waals surface area contributed by atoms with E-state index in [4.69, 9.17) is 4.52 Å². The monoisotopic (exact) mass is 458 g/mol. The number of anilines is 1. The topological polar surface area (TPSA) is 71.3 Å². The SMILES string of the molecule is O=C(Nc1ccc(F)cc1)C1CCCN(Cc2nc(-c3cccc(Br)c3)no2)C1. The number of carbonyl (C=O) groups is 1. The second-order valence-electron chi connectivity index (χ2n) is 7.09. The largest absolute Gasteiger partial charge is 0.338 e. The Balaban J connectivity index is 1.36. The van der Waals surface area contributed by atoms with Crippen LogP contribution in [0.15, 0.2) is 57.5 Å². The molecular formula is C21H20BrFN4O2. The van der Waals surface area contributed by atoms with E-state index in [1.807, 2.05) is 24.3 Å². The van der Waals surface area contributed by atoms with E-state index in [1.54, 1.807) is 12.1 Å². The molecule has 6 nitrogen and oxygen atoms in total. The molecule has 0 radical (unpaired) electrons. The molecule has 1 saturated heterocycles. The van der Waals surface area contributed by atoms with Gasteiger partial charge in [0.2, 0.25) is 17.6 Å². The van der Waals surface area contributed by atoms with Gasteiger partial charge in [-0.05, 0) is 55.8 Å². The van der Waals surface area contributed by atoms with Crippen LogP contribution in [0.5, 0.6) is 0 Å². The van der Waals surface area contributed by atoms with Crippen molar-refractivity contribution in [2.75, 3.05) is 18.4 Å². The molecule has 1 amide bonds. The van der Waals surface area contributed by atoms with Gasteiger partial charge in [-0.3, -0.25) is 9.69 Å². The summed E-state index contributed by atoms with van der Waals surface area (Å²) < 4.78 is 19.4. The lowest BCUT2D eigenvalue weighted by Crippen LogP contribution is -2.40. The molecule has 3 aromatic rings. The minimum atomic E-state index is -0.325. The number of halogens is 2. The van der Waals surface area contributed by atoms with Crippen LogP contribution in [-0.2, 0) is 11.3 Å². The number of nitrogens with zero attached hydrogens (tertiary/aromatic N) is 3. The first kappa shape index (κ1) is 19.7. The number of hydrogen-bond donors (Lipinski definition) is 1. The number of carbonyl (C=O) groups excluding carboxylic acids is 1. The fourth-order valence-electron chi connectivity index (χ4n) is 3.45. The van der Waals surface area contributed by atoms with Crippen LogP contribution >= 0.6 is 15.9 Å². The lowest BCUT2D eigenvalue weighted by molar-refractivity contribution is -0.121. The summed E-state index contributed by atoms with van der Waals surface area (Å²) in [6.45, 7) is 1.98. The van der Waals surface area contributed by atoms with E-state index in [2.05, 4.69) is 36.3 Å². The maximum absolute atomic E-state index is 13.0. The van der Waals surface area contributed by atoms with Crippen LogP contribution in [0.25, 0.3) is 11.4 Å². The molecule has 0 bridgehead atoms. The van der Waals surface area contributed by atoms with Crippen LogP contribution in [0.3, 0.4) is 0 Å². The van der Waals surface area contributed by atoms with Crippen molar-refractivity contribution in [3.8, 4) is 11.4 Å². The molecule has 8 heteroatoms. The van der Waals surface area contributed by atoms with Crippen molar-refractivity contribution >= 4 is 27.5 Å². The first-order chi connectivity index (χ1) is 14.1. The molecule has 1 fully saturated rings. The Morgan fingerprint density at radius 3 is 2.90 bits per heavy atom. The summed E-state index contributed by atoms with van der Waals surface area (Å²) in [4.78, 5) is 19.2. The van der Waals surface area contributed by atoms with Gasteiger partial charge in [0, 0.05) is 22.3 Å². The Hall–Kier alpha value is -2.58. The predicted octanol–water partition coefficient (Wildman–Crippen LogP) is 4.49. The molecular weight excluding hydrogens is 439 g/mol. The van der Waals surface area contributed by atoms with Crippen LogP contribution < -0.4 is 5.32 Å². The van der Waals surface area contributed by atoms with Gasteiger partial charge in [-0.15, -0.1) is 0 Å². The molecule has 0 spiro atoms. The average Bonchev–Trinajstić information content (AvgIpc) is 3.18. The molecule has 29 heavy (non-hydrogen) atoms. The quantitative estimate of drug-likeness (QED) is 0.609. The standard InChI is InChI=1S/C21H20BrFN4O2/c22-16-5-1-3-14(11-16)20-25-19(29-26-20)13-27-10-2-4-15(12-27)21(28)24-18-8-6-17(23)7-9-18/h1,3,5-9,11,15H,2,4,10,12-13H2,(H,24,28). The second kappa shape index (κ2) is 8.84. The van der Waals surface area contributed by atoms with Gasteiger partial charge in [-0.1, -0.05) is 33.2 Å². The molecule has 1 aliphatic rings. The van der Waals surface area contributed by atoms with E-state index in [1.165, 1.54) is 12.1 Å². The zero-order chi connectivity index (χ0) is 20.2. The highest BCUT2D eigenvalue weighted by atomic mass is 79.9. The number of piperidine rings is 1. The third-order valence-electron chi connectivity index (χ3n) is 4.90. The molecule has 4 rings (SSSR count). The normalized spacial score (nSPS) is 17.2. The maximum Gasteiger partial charge on any atom is 0.241 e. The van der Waals surface area contributed by atoms with E-state index in [0.717, 1.165) is 29.4 Å². The zero-order valence-electron chi connectivity index (χ0n) is 15.6.